The summed E-state index contributed by atoms with van der Waals surface area (Å²) >= 11 is 0. The molecule has 0 amide bonds. The van der Waals surface area contributed by atoms with Crippen LogP contribution in [0.1, 0.15) is 35.7 Å². The van der Waals surface area contributed by atoms with Gasteiger partial charge in [-0.1, -0.05) is 0 Å². The molecule has 33 heavy (non-hydrogen) atoms. The zero-order valence-electron chi connectivity index (χ0n) is 18.7. The van der Waals surface area contributed by atoms with Gasteiger partial charge in [-0.05, 0) is 56.5 Å². The van der Waals surface area contributed by atoms with E-state index in [2.05, 4.69) is 19.7 Å². The van der Waals surface area contributed by atoms with Gasteiger partial charge in [0.15, 0.2) is 15.6 Å². The Morgan fingerprint density at radius 1 is 1.00 bits per heavy atom. The van der Waals surface area contributed by atoms with Crippen LogP contribution in [0, 0.1) is 13.8 Å². The first-order valence-corrected chi connectivity index (χ1v) is 14.0. The Labute approximate surface area is 193 Å². The summed E-state index contributed by atoms with van der Waals surface area (Å²) in [5.74, 6) is 0.994. The fourth-order valence-electron chi connectivity index (χ4n) is 3.41. The summed E-state index contributed by atoms with van der Waals surface area (Å²) in [6.07, 6.45) is 7.12. The molecule has 3 heterocycles. The zero-order chi connectivity index (χ0) is 24.0. The van der Waals surface area contributed by atoms with E-state index in [1.54, 1.807) is 6.07 Å². The van der Waals surface area contributed by atoms with Crippen molar-refractivity contribution < 1.29 is 21.6 Å². The first-order chi connectivity index (χ1) is 15.4. The summed E-state index contributed by atoms with van der Waals surface area (Å²) < 4.78 is 56.1. The summed E-state index contributed by atoms with van der Waals surface area (Å²) in [7, 11) is -7.07. The van der Waals surface area contributed by atoms with Crippen LogP contribution in [0.2, 0.25) is 0 Å². The summed E-state index contributed by atoms with van der Waals surface area (Å²) in [5, 5.41) is 0. The number of rotatable bonds is 7. The zero-order valence-corrected chi connectivity index (χ0v) is 20.3. The van der Waals surface area contributed by atoms with E-state index in [4.69, 9.17) is 4.74 Å². The van der Waals surface area contributed by atoms with Crippen molar-refractivity contribution in [2.75, 3.05) is 17.2 Å². The average molecular weight is 489 g/mol. The van der Waals surface area contributed by atoms with E-state index in [1.807, 2.05) is 19.9 Å². The molecule has 174 valence electrons. The van der Waals surface area contributed by atoms with Gasteiger partial charge in [-0.3, -0.25) is 14.7 Å². The van der Waals surface area contributed by atoms with Crippen molar-refractivity contribution in [2.24, 2.45) is 0 Å². The highest BCUT2D eigenvalue weighted by molar-refractivity contribution is 7.92. The van der Waals surface area contributed by atoms with Crippen LogP contribution in [0.25, 0.3) is 11.3 Å². The second-order valence-electron chi connectivity index (χ2n) is 8.26. The quantitative estimate of drug-likeness (QED) is 0.534. The lowest BCUT2D eigenvalue weighted by Gasteiger charge is -2.16. The summed E-state index contributed by atoms with van der Waals surface area (Å²) in [6.45, 7) is 3.74. The molecule has 0 bridgehead atoms. The van der Waals surface area contributed by atoms with Gasteiger partial charge in [0.25, 0.3) is 0 Å². The van der Waals surface area contributed by atoms with Gasteiger partial charge in [-0.25, -0.2) is 21.8 Å². The van der Waals surface area contributed by atoms with Gasteiger partial charge < -0.3 is 4.74 Å². The second kappa shape index (κ2) is 8.38. The van der Waals surface area contributed by atoms with Crippen LogP contribution >= 0.6 is 0 Å². The Balaban J connectivity index is 1.79. The average Bonchev–Trinajstić information content (AvgIpc) is 3.55. The van der Waals surface area contributed by atoms with Crippen molar-refractivity contribution in [3.8, 4) is 22.9 Å². The van der Waals surface area contributed by atoms with Crippen molar-refractivity contribution in [1.82, 2.24) is 15.0 Å². The molecule has 3 aromatic heterocycles. The Hall–Kier alpha value is -3.05. The van der Waals surface area contributed by atoms with Gasteiger partial charge in [-0.2, -0.15) is 0 Å². The predicted octanol–water partition coefficient (Wildman–Crippen LogP) is 3.60. The van der Waals surface area contributed by atoms with Crippen molar-refractivity contribution in [1.29, 1.82) is 0 Å². The highest BCUT2D eigenvalue weighted by Crippen LogP contribution is 2.41. The minimum Gasteiger partial charge on any atom is -0.435 e. The molecule has 0 radical (unpaired) electrons. The molecule has 4 rings (SSSR count). The Kier molecular flexibility index (Phi) is 5.87. The number of hydrogen-bond donors (Lipinski definition) is 1. The summed E-state index contributed by atoms with van der Waals surface area (Å²) in [5.41, 5.74) is 3.54. The van der Waals surface area contributed by atoms with Gasteiger partial charge in [0.2, 0.25) is 15.9 Å². The Morgan fingerprint density at radius 3 is 2.33 bits per heavy atom. The molecule has 1 aliphatic rings. The molecule has 1 fully saturated rings. The van der Waals surface area contributed by atoms with Gasteiger partial charge in [0, 0.05) is 35.8 Å². The van der Waals surface area contributed by atoms with Gasteiger partial charge >= 0.3 is 0 Å². The molecule has 0 aliphatic heterocycles. The smallest absolute Gasteiger partial charge is 0.244 e. The van der Waals surface area contributed by atoms with Crippen LogP contribution in [0.5, 0.6) is 11.6 Å². The lowest BCUT2D eigenvalue weighted by Crippen LogP contribution is -2.11. The maximum absolute atomic E-state index is 11.9. The monoisotopic (exact) mass is 488 g/mol. The van der Waals surface area contributed by atoms with E-state index in [-0.39, 0.29) is 16.5 Å². The Morgan fingerprint density at radius 2 is 1.73 bits per heavy atom. The number of ether oxygens (including phenoxy) is 1. The number of sulfonamides is 1. The lowest BCUT2D eigenvalue weighted by atomic mass is 10.1. The summed E-state index contributed by atoms with van der Waals surface area (Å²) in [6, 6.07) is 6.52. The normalized spacial score (nSPS) is 14.2. The van der Waals surface area contributed by atoms with E-state index in [9.17, 15) is 16.8 Å². The van der Waals surface area contributed by atoms with Gasteiger partial charge in [-0.15, -0.1) is 0 Å². The topological polar surface area (TPSA) is 128 Å². The molecule has 0 atom stereocenters. The molecule has 0 unspecified atom stereocenters. The minimum absolute atomic E-state index is 0.0230. The molecular weight excluding hydrogens is 464 g/mol. The third-order valence-electron chi connectivity index (χ3n) is 5.14. The SMILES string of the molecule is Cc1cc(C2CC2)nc(C)c1Oc1nc(-c2cncc(S(C)(=O)=O)c2)ccc1NS(C)(=O)=O. The highest BCUT2D eigenvalue weighted by atomic mass is 32.2. The maximum atomic E-state index is 11.9. The molecule has 9 nitrogen and oxygen atoms in total. The molecule has 0 saturated heterocycles. The predicted molar refractivity (Wildman–Crippen MR) is 125 cm³/mol. The number of anilines is 1. The maximum Gasteiger partial charge on any atom is 0.244 e. The van der Waals surface area contributed by atoms with E-state index in [0.29, 0.717) is 28.6 Å². The minimum atomic E-state index is -3.60. The number of nitrogens with zero attached hydrogens (tertiary/aromatic N) is 3. The number of nitrogens with one attached hydrogen (secondary N) is 1. The van der Waals surface area contributed by atoms with Crippen molar-refractivity contribution >= 4 is 25.5 Å². The first kappa shape index (κ1) is 23.1. The number of aromatic nitrogens is 3. The summed E-state index contributed by atoms with van der Waals surface area (Å²) in [4.78, 5) is 13.2. The largest absolute Gasteiger partial charge is 0.435 e. The van der Waals surface area contributed by atoms with E-state index in [0.717, 1.165) is 36.6 Å². The molecule has 0 spiro atoms. The third kappa shape index (κ3) is 5.48. The molecule has 1 N–H and O–H groups in total. The van der Waals surface area contributed by atoms with Crippen LogP contribution < -0.4 is 9.46 Å². The van der Waals surface area contributed by atoms with Crippen LogP contribution in [-0.2, 0) is 19.9 Å². The van der Waals surface area contributed by atoms with Crippen LogP contribution in [0.15, 0.2) is 41.6 Å². The molecule has 3 aromatic rings. The molecule has 1 aliphatic carbocycles. The van der Waals surface area contributed by atoms with Crippen LogP contribution in [-0.4, -0.2) is 44.3 Å². The van der Waals surface area contributed by atoms with Crippen LogP contribution in [0.3, 0.4) is 0 Å². The van der Waals surface area contributed by atoms with E-state index in [1.165, 1.54) is 24.5 Å². The second-order valence-corrected chi connectivity index (χ2v) is 12.0. The van der Waals surface area contributed by atoms with Crippen molar-refractivity contribution in [2.45, 2.75) is 37.5 Å². The van der Waals surface area contributed by atoms with E-state index >= 15 is 0 Å². The van der Waals surface area contributed by atoms with E-state index < -0.39 is 19.9 Å². The molecule has 11 heteroatoms. The standard InChI is InChI=1S/C22H24N4O5S2/c1-13-9-20(15-5-6-15)24-14(2)21(13)31-22-19(26-33(4,29)30)8-7-18(25-22)16-10-17(12-23-11-16)32(3,27)28/h7-12,15,26H,5-6H2,1-4H3. The molecule has 0 aromatic carbocycles. The number of sulfone groups is 1. The first-order valence-electron chi connectivity index (χ1n) is 10.2. The fourth-order valence-corrected chi connectivity index (χ4v) is 4.55. The van der Waals surface area contributed by atoms with Crippen molar-refractivity contribution in [3.63, 3.8) is 0 Å². The fraction of sp³-hybridized carbons (Fsp3) is 0.318. The molecular formula is C22H24N4O5S2. The van der Waals surface area contributed by atoms with Crippen molar-refractivity contribution in [3.05, 3.63) is 53.6 Å². The van der Waals surface area contributed by atoms with Crippen LogP contribution in [0.4, 0.5) is 5.69 Å². The third-order valence-corrected chi connectivity index (χ3v) is 6.81. The van der Waals surface area contributed by atoms with Gasteiger partial charge in [0.1, 0.15) is 5.69 Å². The highest BCUT2D eigenvalue weighted by Gasteiger charge is 2.26. The lowest BCUT2D eigenvalue weighted by molar-refractivity contribution is 0.455. The number of pyridine rings is 3. The number of hydrogen-bond acceptors (Lipinski definition) is 8. The van der Waals surface area contributed by atoms with Gasteiger partial charge in [0.05, 0.1) is 22.5 Å². The Bertz CT molecular complexity index is 1430. The molecule has 1 saturated carbocycles. The number of aryl methyl sites for hydroxylation is 2.